The van der Waals surface area contributed by atoms with E-state index in [9.17, 15) is 9.90 Å². The van der Waals surface area contributed by atoms with Gasteiger partial charge in [-0.15, -0.1) is 0 Å². The van der Waals surface area contributed by atoms with Gasteiger partial charge in [0.1, 0.15) is 0 Å². The molecule has 0 bridgehead atoms. The number of aromatic nitrogens is 1. The van der Waals surface area contributed by atoms with Crippen molar-refractivity contribution in [1.82, 2.24) is 9.88 Å². The van der Waals surface area contributed by atoms with Gasteiger partial charge in [-0.25, -0.2) is 4.98 Å². The molecule has 1 aromatic rings. The van der Waals surface area contributed by atoms with E-state index in [4.69, 9.17) is 4.42 Å². The highest BCUT2D eigenvalue weighted by Gasteiger charge is 2.33. The number of rotatable bonds is 1. The molecular weight excluding hydrogens is 220 g/mol. The molecule has 1 aliphatic heterocycles. The molecule has 1 aliphatic rings. The van der Waals surface area contributed by atoms with E-state index < -0.39 is 5.60 Å². The van der Waals surface area contributed by atoms with Crippen molar-refractivity contribution < 1.29 is 14.3 Å². The summed E-state index contributed by atoms with van der Waals surface area (Å²) in [5.41, 5.74) is -0.186. The van der Waals surface area contributed by atoms with Crippen LogP contribution < -0.4 is 0 Å². The first-order chi connectivity index (χ1) is 7.89. The number of oxazole rings is 1. The van der Waals surface area contributed by atoms with Gasteiger partial charge in [0, 0.05) is 20.0 Å². The second kappa shape index (κ2) is 4.14. The van der Waals surface area contributed by atoms with Crippen molar-refractivity contribution in [2.45, 2.75) is 39.2 Å². The van der Waals surface area contributed by atoms with Crippen LogP contribution in [0, 0.1) is 13.8 Å². The maximum atomic E-state index is 12.2. The fraction of sp³-hybridized carbons (Fsp3) is 0.667. The van der Waals surface area contributed by atoms with E-state index in [1.807, 2.05) is 0 Å². The van der Waals surface area contributed by atoms with Crippen molar-refractivity contribution in [3.05, 3.63) is 17.3 Å². The molecule has 1 unspecified atom stereocenters. The van der Waals surface area contributed by atoms with E-state index >= 15 is 0 Å². The molecule has 17 heavy (non-hydrogen) atoms. The highest BCUT2D eigenvalue weighted by molar-refractivity contribution is 5.92. The number of carbonyl (C=O) groups is 1. The van der Waals surface area contributed by atoms with Crippen LogP contribution in [0.1, 0.15) is 41.9 Å². The van der Waals surface area contributed by atoms with Crippen LogP contribution in [-0.4, -0.2) is 39.6 Å². The zero-order valence-electron chi connectivity index (χ0n) is 10.5. The summed E-state index contributed by atoms with van der Waals surface area (Å²) in [5, 5.41) is 9.98. The molecule has 0 saturated carbocycles. The number of amides is 1. The lowest BCUT2D eigenvalue weighted by Crippen LogP contribution is -2.48. The topological polar surface area (TPSA) is 66.6 Å². The molecule has 1 amide bonds. The molecule has 5 nitrogen and oxygen atoms in total. The molecule has 0 aromatic carbocycles. The van der Waals surface area contributed by atoms with E-state index in [0.717, 1.165) is 12.8 Å². The van der Waals surface area contributed by atoms with Crippen molar-refractivity contribution in [3.8, 4) is 0 Å². The van der Waals surface area contributed by atoms with Gasteiger partial charge < -0.3 is 14.4 Å². The largest absolute Gasteiger partial charge is 0.436 e. The summed E-state index contributed by atoms with van der Waals surface area (Å²) < 4.78 is 5.31. The van der Waals surface area contributed by atoms with Crippen LogP contribution in [0.5, 0.6) is 0 Å². The van der Waals surface area contributed by atoms with Crippen molar-refractivity contribution in [2.75, 3.05) is 13.1 Å². The van der Waals surface area contributed by atoms with Gasteiger partial charge in [0.05, 0.1) is 11.3 Å². The number of likely N-dealkylation sites (tertiary alicyclic amines) is 1. The maximum Gasteiger partial charge on any atom is 0.291 e. The average molecular weight is 238 g/mol. The Morgan fingerprint density at radius 3 is 2.76 bits per heavy atom. The van der Waals surface area contributed by atoms with Crippen molar-refractivity contribution >= 4 is 5.91 Å². The molecule has 1 fully saturated rings. The van der Waals surface area contributed by atoms with Crippen LogP contribution in [0.2, 0.25) is 0 Å². The summed E-state index contributed by atoms with van der Waals surface area (Å²) in [6.07, 6.45) is 1.54. The highest BCUT2D eigenvalue weighted by atomic mass is 16.4. The molecule has 1 saturated heterocycles. The molecule has 1 N–H and O–H groups in total. The first-order valence-electron chi connectivity index (χ1n) is 5.85. The molecular formula is C12H18N2O3. The van der Waals surface area contributed by atoms with Gasteiger partial charge in [-0.05, 0) is 26.7 Å². The maximum absolute atomic E-state index is 12.2. The van der Waals surface area contributed by atoms with Gasteiger partial charge in [0.15, 0.2) is 5.89 Å². The molecule has 0 spiro atoms. The number of hydrogen-bond acceptors (Lipinski definition) is 4. The third-order valence-corrected chi connectivity index (χ3v) is 3.06. The third-order valence-electron chi connectivity index (χ3n) is 3.06. The van der Waals surface area contributed by atoms with Gasteiger partial charge in [-0.1, -0.05) is 0 Å². The third kappa shape index (κ3) is 2.49. The van der Waals surface area contributed by atoms with Gasteiger partial charge in [-0.3, -0.25) is 4.79 Å². The predicted octanol–water partition coefficient (Wildman–Crippen LogP) is 1.28. The Morgan fingerprint density at radius 1 is 1.53 bits per heavy atom. The van der Waals surface area contributed by atoms with Crippen LogP contribution in [0.15, 0.2) is 4.42 Å². The standard InChI is InChI=1S/C12H18N2O3/c1-8-10(17-9(2)13-8)11(15)14-6-4-5-12(3,16)7-14/h16H,4-7H2,1-3H3. The smallest absolute Gasteiger partial charge is 0.291 e. The summed E-state index contributed by atoms with van der Waals surface area (Å²) >= 11 is 0. The van der Waals surface area contributed by atoms with Gasteiger partial charge in [-0.2, -0.15) is 0 Å². The molecule has 94 valence electrons. The second-order valence-electron chi connectivity index (χ2n) is 4.97. The Balaban J connectivity index is 2.18. The van der Waals surface area contributed by atoms with Crippen LogP contribution in [0.3, 0.4) is 0 Å². The normalized spacial score (nSPS) is 25.1. The zero-order chi connectivity index (χ0) is 12.6. The van der Waals surface area contributed by atoms with Crippen LogP contribution in [-0.2, 0) is 0 Å². The minimum atomic E-state index is -0.795. The Bertz CT molecular complexity index is 437. The summed E-state index contributed by atoms with van der Waals surface area (Å²) in [5.74, 6) is 0.609. The Labute approximate surface area is 100 Å². The van der Waals surface area contributed by atoms with Crippen molar-refractivity contribution in [1.29, 1.82) is 0 Å². The van der Waals surface area contributed by atoms with Gasteiger partial charge in [0.25, 0.3) is 5.91 Å². The summed E-state index contributed by atoms with van der Waals surface area (Å²) in [7, 11) is 0. The van der Waals surface area contributed by atoms with E-state index in [1.54, 1.807) is 25.7 Å². The average Bonchev–Trinajstić information content (AvgIpc) is 2.55. The Hall–Kier alpha value is -1.36. The quantitative estimate of drug-likeness (QED) is 0.800. The summed E-state index contributed by atoms with van der Waals surface area (Å²) in [4.78, 5) is 17.9. The number of nitrogens with zero attached hydrogens (tertiary/aromatic N) is 2. The number of β-amino-alcohol motifs (C(OH)–C–C–N with tert-alkyl or cyclic N) is 1. The number of aryl methyl sites for hydroxylation is 2. The lowest BCUT2D eigenvalue weighted by Gasteiger charge is -2.36. The number of piperidine rings is 1. The second-order valence-corrected chi connectivity index (χ2v) is 4.97. The Kier molecular flexibility index (Phi) is 2.95. The molecule has 1 aromatic heterocycles. The van der Waals surface area contributed by atoms with E-state index in [0.29, 0.717) is 30.4 Å². The fourth-order valence-corrected chi connectivity index (χ4v) is 2.27. The minimum Gasteiger partial charge on any atom is -0.436 e. The lowest BCUT2D eigenvalue weighted by atomic mass is 9.95. The number of aliphatic hydroxyl groups is 1. The fourth-order valence-electron chi connectivity index (χ4n) is 2.27. The predicted molar refractivity (Wildman–Crippen MR) is 61.7 cm³/mol. The Morgan fingerprint density at radius 2 is 2.24 bits per heavy atom. The van der Waals surface area contributed by atoms with E-state index in [2.05, 4.69) is 4.98 Å². The molecule has 0 radical (unpaired) electrons. The van der Waals surface area contributed by atoms with E-state index in [1.165, 1.54) is 0 Å². The molecule has 0 aliphatic carbocycles. The number of hydrogen-bond donors (Lipinski definition) is 1. The van der Waals surface area contributed by atoms with Crippen LogP contribution >= 0.6 is 0 Å². The monoisotopic (exact) mass is 238 g/mol. The highest BCUT2D eigenvalue weighted by Crippen LogP contribution is 2.22. The van der Waals surface area contributed by atoms with Crippen LogP contribution in [0.25, 0.3) is 0 Å². The molecule has 2 rings (SSSR count). The summed E-state index contributed by atoms with van der Waals surface area (Å²) in [6.45, 7) is 6.24. The molecule has 2 heterocycles. The molecule has 1 atom stereocenters. The zero-order valence-corrected chi connectivity index (χ0v) is 10.5. The first kappa shape index (κ1) is 12.1. The van der Waals surface area contributed by atoms with Gasteiger partial charge >= 0.3 is 0 Å². The first-order valence-corrected chi connectivity index (χ1v) is 5.85. The minimum absolute atomic E-state index is 0.178. The van der Waals surface area contributed by atoms with Crippen LogP contribution in [0.4, 0.5) is 0 Å². The molecule has 5 heteroatoms. The lowest BCUT2D eigenvalue weighted by molar-refractivity contribution is -0.0118. The summed E-state index contributed by atoms with van der Waals surface area (Å²) in [6, 6.07) is 0. The van der Waals surface area contributed by atoms with Gasteiger partial charge in [0.2, 0.25) is 5.76 Å². The van der Waals surface area contributed by atoms with Crippen molar-refractivity contribution in [3.63, 3.8) is 0 Å². The SMILES string of the molecule is Cc1nc(C)c(C(=O)N2CCCC(C)(O)C2)o1. The van der Waals surface area contributed by atoms with Crippen molar-refractivity contribution in [2.24, 2.45) is 0 Å². The number of carbonyl (C=O) groups excluding carboxylic acids is 1. The van der Waals surface area contributed by atoms with E-state index in [-0.39, 0.29) is 5.91 Å².